The molecule has 0 saturated carbocycles. The van der Waals surface area contributed by atoms with Crippen LogP contribution in [-0.2, 0) is 10.3 Å². The molecule has 1 amide bonds. The molecule has 2 heterocycles. The van der Waals surface area contributed by atoms with E-state index in [1.54, 1.807) is 0 Å². The Morgan fingerprint density at radius 2 is 2.07 bits per heavy atom. The second-order valence-electron chi connectivity index (χ2n) is 4.47. The highest BCUT2D eigenvalue weighted by Gasteiger charge is 2.46. The molecule has 0 fully saturated rings. The molecular formula is C13H13NO. The maximum Gasteiger partial charge on any atom is 0.234 e. The van der Waals surface area contributed by atoms with Crippen LogP contribution in [0.4, 0.5) is 0 Å². The minimum Gasteiger partial charge on any atom is -0.332 e. The molecule has 1 aromatic carbocycles. The molecule has 0 saturated heterocycles. The van der Waals surface area contributed by atoms with E-state index in [0.29, 0.717) is 0 Å². The lowest BCUT2D eigenvalue weighted by Gasteiger charge is -2.48. The lowest BCUT2D eigenvalue weighted by Crippen LogP contribution is -2.52. The second-order valence-corrected chi connectivity index (χ2v) is 4.47. The van der Waals surface area contributed by atoms with Gasteiger partial charge in [0.05, 0.1) is 11.5 Å². The molecule has 1 aliphatic carbocycles. The number of fused-ring (bicyclic) bond motifs is 1. The molecule has 76 valence electrons. The summed E-state index contributed by atoms with van der Waals surface area (Å²) in [5.41, 5.74) is 2.19. The SMILES string of the molecule is CN1C(=O)[C@H]2C=C[C@@]1(C)c1ccccc12. The van der Waals surface area contributed by atoms with Crippen LogP contribution in [0.3, 0.4) is 0 Å². The molecule has 1 aromatic rings. The van der Waals surface area contributed by atoms with E-state index in [1.807, 2.05) is 30.2 Å². The topological polar surface area (TPSA) is 20.3 Å². The van der Waals surface area contributed by atoms with Crippen molar-refractivity contribution < 1.29 is 4.79 Å². The van der Waals surface area contributed by atoms with E-state index in [4.69, 9.17) is 0 Å². The fourth-order valence-corrected chi connectivity index (χ4v) is 2.65. The van der Waals surface area contributed by atoms with Gasteiger partial charge in [0, 0.05) is 7.05 Å². The van der Waals surface area contributed by atoms with Gasteiger partial charge >= 0.3 is 0 Å². The number of benzene rings is 1. The molecular weight excluding hydrogens is 186 g/mol. The van der Waals surface area contributed by atoms with Crippen molar-refractivity contribution in [2.45, 2.75) is 18.4 Å². The van der Waals surface area contributed by atoms with E-state index in [2.05, 4.69) is 25.1 Å². The Hall–Kier alpha value is -1.57. The van der Waals surface area contributed by atoms with Crippen molar-refractivity contribution in [3.63, 3.8) is 0 Å². The first-order valence-electron chi connectivity index (χ1n) is 5.21. The molecule has 0 spiro atoms. The van der Waals surface area contributed by atoms with Crippen LogP contribution in [0.1, 0.15) is 24.0 Å². The Morgan fingerprint density at radius 3 is 2.87 bits per heavy atom. The number of carbonyl (C=O) groups excluding carboxylic acids is 1. The van der Waals surface area contributed by atoms with Crippen LogP contribution in [0.15, 0.2) is 36.4 Å². The zero-order chi connectivity index (χ0) is 10.6. The summed E-state index contributed by atoms with van der Waals surface area (Å²) >= 11 is 0. The van der Waals surface area contributed by atoms with Crippen molar-refractivity contribution >= 4 is 5.91 Å². The molecule has 0 radical (unpaired) electrons. The third-order valence-corrected chi connectivity index (χ3v) is 3.75. The summed E-state index contributed by atoms with van der Waals surface area (Å²) in [6, 6.07) is 8.22. The highest BCUT2D eigenvalue weighted by molar-refractivity contribution is 5.91. The van der Waals surface area contributed by atoms with Gasteiger partial charge < -0.3 is 4.90 Å². The Kier molecular flexibility index (Phi) is 1.46. The van der Waals surface area contributed by atoms with Gasteiger partial charge in [-0.15, -0.1) is 0 Å². The molecule has 15 heavy (non-hydrogen) atoms. The Bertz CT molecular complexity index is 477. The second kappa shape index (κ2) is 2.51. The van der Waals surface area contributed by atoms with E-state index in [1.165, 1.54) is 11.1 Å². The molecule has 3 aliphatic rings. The van der Waals surface area contributed by atoms with Crippen molar-refractivity contribution in [2.75, 3.05) is 7.05 Å². The first-order valence-corrected chi connectivity index (χ1v) is 5.21. The van der Waals surface area contributed by atoms with Gasteiger partial charge in [-0.2, -0.15) is 0 Å². The van der Waals surface area contributed by atoms with Crippen LogP contribution in [-0.4, -0.2) is 17.9 Å². The van der Waals surface area contributed by atoms with Gasteiger partial charge in [-0.3, -0.25) is 4.79 Å². The highest BCUT2D eigenvalue weighted by Crippen LogP contribution is 2.45. The minimum atomic E-state index is -0.248. The zero-order valence-corrected chi connectivity index (χ0v) is 8.90. The molecule has 2 nitrogen and oxygen atoms in total. The van der Waals surface area contributed by atoms with Crippen molar-refractivity contribution in [1.29, 1.82) is 0 Å². The van der Waals surface area contributed by atoms with E-state index < -0.39 is 0 Å². The summed E-state index contributed by atoms with van der Waals surface area (Å²) in [7, 11) is 1.88. The fourth-order valence-electron chi connectivity index (χ4n) is 2.65. The maximum atomic E-state index is 12.0. The standard InChI is InChI=1S/C13H13NO/c1-13-8-7-10(12(15)14(13)2)9-5-3-4-6-11(9)13/h3-8,10H,1-2H3/t10-,13-/m0/s1. The van der Waals surface area contributed by atoms with Crippen molar-refractivity contribution in [1.82, 2.24) is 4.90 Å². The van der Waals surface area contributed by atoms with Crippen LogP contribution in [0, 0.1) is 0 Å². The third-order valence-electron chi connectivity index (χ3n) is 3.75. The van der Waals surface area contributed by atoms with Gasteiger partial charge in [-0.05, 0) is 18.1 Å². The predicted octanol–water partition coefficient (Wildman–Crippen LogP) is 2.03. The van der Waals surface area contributed by atoms with Crippen molar-refractivity contribution in [3.05, 3.63) is 47.5 Å². The largest absolute Gasteiger partial charge is 0.332 e. The summed E-state index contributed by atoms with van der Waals surface area (Å²) in [5.74, 6) is 0.145. The van der Waals surface area contributed by atoms with Crippen molar-refractivity contribution in [3.8, 4) is 0 Å². The zero-order valence-electron chi connectivity index (χ0n) is 8.90. The average molecular weight is 199 g/mol. The minimum absolute atomic E-state index is 0.0620. The van der Waals surface area contributed by atoms with E-state index >= 15 is 0 Å². The van der Waals surface area contributed by atoms with E-state index in [0.717, 1.165) is 0 Å². The number of rotatable bonds is 0. The lowest BCUT2D eigenvalue weighted by atomic mass is 9.72. The molecule has 4 rings (SSSR count). The summed E-state index contributed by atoms with van der Waals surface area (Å²) in [4.78, 5) is 13.9. The molecule has 0 N–H and O–H groups in total. The molecule has 2 atom stereocenters. The Balaban J connectivity index is 2.34. The van der Waals surface area contributed by atoms with Gasteiger partial charge in [-0.25, -0.2) is 0 Å². The highest BCUT2D eigenvalue weighted by atomic mass is 16.2. The van der Waals surface area contributed by atoms with Gasteiger partial charge in [0.1, 0.15) is 0 Å². The smallest absolute Gasteiger partial charge is 0.234 e. The third kappa shape index (κ3) is 0.870. The van der Waals surface area contributed by atoms with Gasteiger partial charge in [-0.1, -0.05) is 36.4 Å². The summed E-state index contributed by atoms with van der Waals surface area (Å²) in [5, 5.41) is 0. The van der Waals surface area contributed by atoms with Gasteiger partial charge in [0.15, 0.2) is 0 Å². The lowest BCUT2D eigenvalue weighted by molar-refractivity contribution is -0.136. The number of amides is 1. The van der Waals surface area contributed by atoms with Gasteiger partial charge in [0.25, 0.3) is 0 Å². The molecule has 0 aromatic heterocycles. The molecule has 2 bridgehead atoms. The first-order chi connectivity index (χ1) is 7.14. The molecule has 2 aliphatic heterocycles. The van der Waals surface area contributed by atoms with Crippen LogP contribution in [0.2, 0.25) is 0 Å². The predicted molar refractivity (Wildman–Crippen MR) is 58.4 cm³/mol. The average Bonchev–Trinajstić information content (AvgIpc) is 2.26. The quantitative estimate of drug-likeness (QED) is 0.585. The number of hydrogen-bond donors (Lipinski definition) is 0. The summed E-state index contributed by atoms with van der Waals surface area (Å²) in [6.07, 6.45) is 4.17. The van der Waals surface area contributed by atoms with E-state index in [-0.39, 0.29) is 17.4 Å². The summed E-state index contributed by atoms with van der Waals surface area (Å²) < 4.78 is 0. The maximum absolute atomic E-state index is 12.0. The van der Waals surface area contributed by atoms with Gasteiger partial charge in [0.2, 0.25) is 5.91 Å². The van der Waals surface area contributed by atoms with Crippen LogP contribution in [0.5, 0.6) is 0 Å². The molecule has 2 heteroatoms. The summed E-state index contributed by atoms with van der Waals surface area (Å²) in [6.45, 7) is 2.09. The Labute approximate surface area is 89.2 Å². The first kappa shape index (κ1) is 8.72. The van der Waals surface area contributed by atoms with Crippen LogP contribution in [0.25, 0.3) is 0 Å². The number of carbonyl (C=O) groups is 1. The Morgan fingerprint density at radius 1 is 1.33 bits per heavy atom. The van der Waals surface area contributed by atoms with E-state index in [9.17, 15) is 4.79 Å². The number of hydrogen-bond acceptors (Lipinski definition) is 1. The molecule has 0 unspecified atom stereocenters. The van der Waals surface area contributed by atoms with Crippen LogP contribution >= 0.6 is 0 Å². The monoisotopic (exact) mass is 199 g/mol. The van der Waals surface area contributed by atoms with Crippen molar-refractivity contribution in [2.24, 2.45) is 0 Å². The number of nitrogens with zero attached hydrogens (tertiary/aromatic N) is 1. The number of likely N-dealkylation sites (N-methyl/N-ethyl adjacent to an activating group) is 1. The fraction of sp³-hybridized carbons (Fsp3) is 0.308. The normalized spacial score (nSPS) is 32.0. The van der Waals surface area contributed by atoms with Crippen LogP contribution < -0.4 is 0 Å².